The number of guanidine groups is 1. The molecule has 29 heavy (non-hydrogen) atoms. The molecule has 8 nitrogen and oxygen atoms in total. The number of rotatable bonds is 8. The van der Waals surface area contributed by atoms with Gasteiger partial charge in [0, 0.05) is 20.6 Å². The predicted molar refractivity (Wildman–Crippen MR) is 126 cm³/mol. The highest BCUT2D eigenvalue weighted by molar-refractivity contribution is 14.0. The summed E-state index contributed by atoms with van der Waals surface area (Å²) in [6, 6.07) is 6.31. The molecule has 0 atom stereocenters. The number of sulfonamides is 1. The molecule has 0 heterocycles. The first-order chi connectivity index (χ1) is 13.1. The van der Waals surface area contributed by atoms with Gasteiger partial charge in [-0.05, 0) is 42.4 Å². The number of hydrogen-bond acceptors (Lipinski definition) is 4. The summed E-state index contributed by atoms with van der Waals surface area (Å²) in [7, 11) is -0.284. The first kappa shape index (κ1) is 25.6. The number of hydrogen-bond donors (Lipinski definition) is 3. The van der Waals surface area contributed by atoms with Crippen LogP contribution in [0.25, 0.3) is 0 Å². The zero-order valence-electron chi connectivity index (χ0n) is 17.3. The second kappa shape index (κ2) is 11.1. The number of nitrogens with zero attached hydrogens (tertiary/aromatic N) is 2. The van der Waals surface area contributed by atoms with Gasteiger partial charge < -0.3 is 15.5 Å². The molecule has 1 fully saturated rings. The van der Waals surface area contributed by atoms with Crippen LogP contribution in [0.1, 0.15) is 38.2 Å². The summed E-state index contributed by atoms with van der Waals surface area (Å²) in [5.41, 5.74) is 1.16. The van der Waals surface area contributed by atoms with Gasteiger partial charge in [0.2, 0.25) is 15.9 Å². The summed E-state index contributed by atoms with van der Waals surface area (Å²) in [5, 5.41) is 11.6. The summed E-state index contributed by atoms with van der Waals surface area (Å²) in [4.78, 5) is 18.0. The van der Waals surface area contributed by atoms with Crippen molar-refractivity contribution in [3.05, 3.63) is 29.8 Å². The molecular formula is C19H32IN5O3S. The average molecular weight is 537 g/mol. The lowest BCUT2D eigenvalue weighted by atomic mass is 9.67. The number of carbonyl (C=O) groups is 1. The second-order valence-electron chi connectivity index (χ2n) is 7.56. The van der Waals surface area contributed by atoms with E-state index >= 15 is 0 Å². The smallest absolute Gasteiger partial charge is 0.241 e. The van der Waals surface area contributed by atoms with E-state index in [1.54, 1.807) is 26.2 Å². The Hall–Kier alpha value is -1.40. The normalized spacial score (nSPS) is 15.7. The summed E-state index contributed by atoms with van der Waals surface area (Å²) in [6.07, 6.45) is 4.77. The minimum absolute atomic E-state index is 0. The third-order valence-corrected chi connectivity index (χ3v) is 6.30. The van der Waals surface area contributed by atoms with Gasteiger partial charge in [-0.1, -0.05) is 25.5 Å². The van der Waals surface area contributed by atoms with Gasteiger partial charge in [-0.15, -0.1) is 24.0 Å². The Balaban J connectivity index is 0.00000420. The van der Waals surface area contributed by atoms with E-state index in [1.165, 1.54) is 36.3 Å². The van der Waals surface area contributed by atoms with Crippen LogP contribution in [-0.2, 0) is 21.4 Å². The van der Waals surface area contributed by atoms with Crippen molar-refractivity contribution in [2.24, 2.45) is 15.5 Å². The predicted octanol–water partition coefficient (Wildman–Crippen LogP) is 1.66. The van der Waals surface area contributed by atoms with Crippen molar-refractivity contribution in [3.8, 4) is 0 Å². The first-order valence-electron chi connectivity index (χ1n) is 9.49. The Morgan fingerprint density at radius 1 is 1.21 bits per heavy atom. The summed E-state index contributed by atoms with van der Waals surface area (Å²) >= 11 is 0. The maximum atomic E-state index is 11.9. The summed E-state index contributed by atoms with van der Waals surface area (Å²) in [6.45, 7) is 3.53. The van der Waals surface area contributed by atoms with Crippen LogP contribution in [0.15, 0.2) is 34.2 Å². The van der Waals surface area contributed by atoms with Gasteiger partial charge in [-0.25, -0.2) is 18.5 Å². The molecule has 1 aliphatic rings. The van der Waals surface area contributed by atoms with Crippen molar-refractivity contribution in [1.82, 2.24) is 15.5 Å². The number of carbonyl (C=O) groups excluding carboxylic acids is 1. The van der Waals surface area contributed by atoms with E-state index in [0.717, 1.165) is 18.5 Å². The van der Waals surface area contributed by atoms with Gasteiger partial charge >= 0.3 is 0 Å². The molecule has 0 aliphatic heterocycles. The lowest BCUT2D eigenvalue weighted by molar-refractivity contribution is -0.127. The van der Waals surface area contributed by atoms with Crippen LogP contribution in [-0.4, -0.2) is 52.4 Å². The Morgan fingerprint density at radius 3 is 2.28 bits per heavy atom. The zero-order valence-corrected chi connectivity index (χ0v) is 20.4. The largest absolute Gasteiger partial charge is 0.356 e. The SMILES string of the molecule is CCC1(CNC(=NCc2ccc(S(N)(=O)=O)cc2)NCC(=O)N(C)C)CCC1.I. The molecule has 0 radical (unpaired) electrons. The molecule has 164 valence electrons. The maximum Gasteiger partial charge on any atom is 0.241 e. The molecule has 1 amide bonds. The molecule has 0 unspecified atom stereocenters. The van der Waals surface area contributed by atoms with E-state index in [9.17, 15) is 13.2 Å². The van der Waals surface area contributed by atoms with Gasteiger partial charge in [0.25, 0.3) is 0 Å². The Kier molecular flexibility index (Phi) is 9.83. The third-order valence-electron chi connectivity index (χ3n) is 5.37. The number of nitrogens with one attached hydrogen (secondary N) is 2. The number of halogens is 1. The molecule has 0 spiro atoms. The van der Waals surface area contributed by atoms with E-state index in [2.05, 4.69) is 22.5 Å². The van der Waals surface area contributed by atoms with Crippen LogP contribution < -0.4 is 15.8 Å². The van der Waals surface area contributed by atoms with Gasteiger partial charge in [-0.2, -0.15) is 0 Å². The minimum Gasteiger partial charge on any atom is -0.356 e. The molecule has 0 saturated heterocycles. The van der Waals surface area contributed by atoms with Crippen LogP contribution >= 0.6 is 24.0 Å². The highest BCUT2D eigenvalue weighted by Crippen LogP contribution is 2.42. The fourth-order valence-corrected chi connectivity index (χ4v) is 3.57. The number of aliphatic imine (C=N–C) groups is 1. The lowest BCUT2D eigenvalue weighted by Crippen LogP contribution is -2.48. The van der Waals surface area contributed by atoms with Crippen molar-refractivity contribution < 1.29 is 13.2 Å². The fourth-order valence-electron chi connectivity index (χ4n) is 3.05. The molecule has 1 aromatic carbocycles. The monoisotopic (exact) mass is 537 g/mol. The first-order valence-corrected chi connectivity index (χ1v) is 11.0. The fraction of sp³-hybridized carbons (Fsp3) is 0.579. The molecule has 1 aromatic rings. The standard InChI is InChI=1S/C19H31N5O3S.HI/c1-4-19(10-5-11-19)14-23-18(22-13-17(25)24(2)3)21-12-15-6-8-16(9-7-15)28(20,26)27;/h6-9H,4-5,10-14H2,1-3H3,(H2,20,26,27)(H2,21,22,23);1H. The minimum atomic E-state index is -3.70. The van der Waals surface area contributed by atoms with Crippen molar-refractivity contribution in [2.45, 2.75) is 44.0 Å². The van der Waals surface area contributed by atoms with Crippen LogP contribution in [0, 0.1) is 5.41 Å². The van der Waals surface area contributed by atoms with Crippen LogP contribution in [0.3, 0.4) is 0 Å². The Labute approximate surface area is 190 Å². The molecule has 0 aromatic heterocycles. The van der Waals surface area contributed by atoms with Gasteiger partial charge in [0.1, 0.15) is 0 Å². The Morgan fingerprint density at radius 2 is 1.83 bits per heavy atom. The maximum absolute atomic E-state index is 11.9. The number of primary sulfonamides is 1. The van der Waals surface area contributed by atoms with Crippen molar-refractivity contribution >= 4 is 45.9 Å². The number of likely N-dealkylation sites (N-methyl/N-ethyl adjacent to an activating group) is 1. The summed E-state index contributed by atoms with van der Waals surface area (Å²) < 4.78 is 22.7. The number of amides is 1. The molecular weight excluding hydrogens is 505 g/mol. The van der Waals surface area contributed by atoms with Crippen molar-refractivity contribution in [2.75, 3.05) is 27.2 Å². The second-order valence-corrected chi connectivity index (χ2v) is 9.12. The molecule has 4 N–H and O–H groups in total. The van der Waals surface area contributed by atoms with Gasteiger partial charge in [0.15, 0.2) is 5.96 Å². The van der Waals surface area contributed by atoms with Gasteiger partial charge in [-0.3, -0.25) is 4.79 Å². The van der Waals surface area contributed by atoms with E-state index in [-0.39, 0.29) is 41.3 Å². The van der Waals surface area contributed by atoms with E-state index in [4.69, 9.17) is 5.14 Å². The highest BCUT2D eigenvalue weighted by atomic mass is 127. The number of nitrogens with two attached hydrogens (primary N) is 1. The molecule has 1 aliphatic carbocycles. The van der Waals surface area contributed by atoms with Crippen LogP contribution in [0.5, 0.6) is 0 Å². The van der Waals surface area contributed by atoms with Crippen LogP contribution in [0.2, 0.25) is 0 Å². The highest BCUT2D eigenvalue weighted by Gasteiger charge is 2.34. The molecule has 2 rings (SSSR count). The third kappa shape index (κ3) is 7.74. The summed E-state index contributed by atoms with van der Waals surface area (Å²) in [5.74, 6) is 0.534. The van der Waals surface area contributed by atoms with Gasteiger partial charge in [0.05, 0.1) is 18.0 Å². The van der Waals surface area contributed by atoms with E-state index in [1.807, 2.05) is 0 Å². The molecule has 1 saturated carbocycles. The quantitative estimate of drug-likeness (QED) is 0.265. The van der Waals surface area contributed by atoms with E-state index in [0.29, 0.717) is 17.9 Å². The average Bonchev–Trinajstić information content (AvgIpc) is 2.61. The molecule has 10 heteroatoms. The zero-order chi connectivity index (χ0) is 20.8. The Bertz CT molecular complexity index is 800. The van der Waals surface area contributed by atoms with Crippen LogP contribution in [0.4, 0.5) is 0 Å². The van der Waals surface area contributed by atoms with Crippen molar-refractivity contribution in [3.63, 3.8) is 0 Å². The molecule has 0 bridgehead atoms. The van der Waals surface area contributed by atoms with E-state index < -0.39 is 10.0 Å². The lowest BCUT2D eigenvalue weighted by Gasteiger charge is -2.41. The topological polar surface area (TPSA) is 117 Å². The van der Waals surface area contributed by atoms with Crippen molar-refractivity contribution in [1.29, 1.82) is 0 Å². The number of benzene rings is 1.